The molecule has 1 aliphatic heterocycles. The summed E-state index contributed by atoms with van der Waals surface area (Å²) in [6, 6.07) is 0.506. The van der Waals surface area contributed by atoms with Crippen LogP contribution >= 0.6 is 0 Å². The third-order valence-electron chi connectivity index (χ3n) is 6.29. The lowest BCUT2D eigenvalue weighted by molar-refractivity contribution is -0.137. The Labute approximate surface area is 158 Å². The molecule has 0 aromatic heterocycles. The van der Waals surface area contributed by atoms with Crippen LogP contribution in [0.15, 0.2) is 4.99 Å². The van der Waals surface area contributed by atoms with Crippen LogP contribution in [-0.4, -0.2) is 67.0 Å². The Kier molecular flexibility index (Phi) is 7.59. The van der Waals surface area contributed by atoms with Crippen molar-refractivity contribution in [2.24, 2.45) is 16.6 Å². The maximum atomic E-state index is 12.5. The van der Waals surface area contributed by atoms with Crippen LogP contribution in [-0.2, 0) is 4.79 Å². The van der Waals surface area contributed by atoms with Gasteiger partial charge in [0.1, 0.15) is 0 Å². The largest absolute Gasteiger partial charge is 0.370 e. The van der Waals surface area contributed by atoms with Gasteiger partial charge in [-0.05, 0) is 25.7 Å². The highest BCUT2D eigenvalue weighted by atomic mass is 16.2. The van der Waals surface area contributed by atoms with Gasteiger partial charge in [-0.3, -0.25) is 14.7 Å². The Balaban J connectivity index is 1.32. The number of hydrogen-bond donors (Lipinski definition) is 2. The third-order valence-corrected chi connectivity index (χ3v) is 6.29. The number of nitrogens with two attached hydrogens (primary N) is 1. The second kappa shape index (κ2) is 10.1. The Bertz CT molecular complexity index is 459. The fourth-order valence-corrected chi connectivity index (χ4v) is 4.61. The molecule has 0 radical (unpaired) electrons. The number of amides is 1. The van der Waals surface area contributed by atoms with Gasteiger partial charge in [0.25, 0.3) is 0 Å². The van der Waals surface area contributed by atoms with Crippen LogP contribution in [0.25, 0.3) is 0 Å². The van der Waals surface area contributed by atoms with Crippen LogP contribution in [0.5, 0.6) is 0 Å². The fourth-order valence-electron chi connectivity index (χ4n) is 4.61. The van der Waals surface area contributed by atoms with Gasteiger partial charge < -0.3 is 16.0 Å². The molecule has 3 rings (SSSR count). The Morgan fingerprint density at radius 2 is 1.54 bits per heavy atom. The van der Waals surface area contributed by atoms with Crippen molar-refractivity contribution in [2.75, 3.05) is 39.3 Å². The summed E-state index contributed by atoms with van der Waals surface area (Å²) in [6.07, 6.45) is 12.4. The molecule has 6 nitrogen and oxygen atoms in total. The first-order valence-electron chi connectivity index (χ1n) is 10.8. The number of carbonyl (C=O) groups is 1. The van der Waals surface area contributed by atoms with Crippen LogP contribution < -0.4 is 11.1 Å². The van der Waals surface area contributed by atoms with Gasteiger partial charge in [-0.1, -0.05) is 38.5 Å². The summed E-state index contributed by atoms with van der Waals surface area (Å²) in [7, 11) is 0. The molecule has 148 valence electrons. The quantitative estimate of drug-likeness (QED) is 0.445. The van der Waals surface area contributed by atoms with Crippen molar-refractivity contribution in [3.8, 4) is 0 Å². The summed E-state index contributed by atoms with van der Waals surface area (Å²) < 4.78 is 0. The SMILES string of the molecule is NC(=NCCN1CCN(C(=O)C2CCCC2)CC1)NC1CCCCCC1. The third kappa shape index (κ3) is 5.86. The minimum Gasteiger partial charge on any atom is -0.370 e. The zero-order valence-electron chi connectivity index (χ0n) is 16.3. The molecule has 3 fully saturated rings. The highest BCUT2D eigenvalue weighted by Crippen LogP contribution is 2.26. The maximum absolute atomic E-state index is 12.5. The molecule has 0 aromatic carbocycles. The molecule has 0 bridgehead atoms. The average Bonchev–Trinajstić information content (AvgIpc) is 3.07. The van der Waals surface area contributed by atoms with E-state index in [4.69, 9.17) is 5.73 Å². The normalized spacial score (nSPS) is 24.6. The Hall–Kier alpha value is -1.30. The van der Waals surface area contributed by atoms with Gasteiger partial charge in [-0.2, -0.15) is 0 Å². The molecule has 1 amide bonds. The number of piperazine rings is 1. The monoisotopic (exact) mass is 363 g/mol. The van der Waals surface area contributed by atoms with E-state index in [1.165, 1.54) is 51.4 Å². The molecule has 1 heterocycles. The van der Waals surface area contributed by atoms with Gasteiger partial charge in [-0.15, -0.1) is 0 Å². The molecule has 2 saturated carbocycles. The van der Waals surface area contributed by atoms with E-state index in [2.05, 4.69) is 20.1 Å². The number of guanidine groups is 1. The van der Waals surface area contributed by atoms with Crippen molar-refractivity contribution in [3.05, 3.63) is 0 Å². The molecule has 0 spiro atoms. The Morgan fingerprint density at radius 1 is 0.923 bits per heavy atom. The highest BCUT2D eigenvalue weighted by molar-refractivity contribution is 5.79. The molecule has 2 aliphatic carbocycles. The lowest BCUT2D eigenvalue weighted by Gasteiger charge is -2.35. The van der Waals surface area contributed by atoms with Crippen molar-refractivity contribution in [3.63, 3.8) is 0 Å². The summed E-state index contributed by atoms with van der Waals surface area (Å²) in [6.45, 7) is 5.33. The van der Waals surface area contributed by atoms with E-state index >= 15 is 0 Å². The van der Waals surface area contributed by atoms with E-state index in [-0.39, 0.29) is 0 Å². The average molecular weight is 364 g/mol. The van der Waals surface area contributed by atoms with Gasteiger partial charge >= 0.3 is 0 Å². The molecule has 26 heavy (non-hydrogen) atoms. The van der Waals surface area contributed by atoms with Crippen molar-refractivity contribution in [1.82, 2.24) is 15.1 Å². The van der Waals surface area contributed by atoms with E-state index < -0.39 is 0 Å². The molecule has 0 aromatic rings. The van der Waals surface area contributed by atoms with Crippen LogP contribution in [0.2, 0.25) is 0 Å². The lowest BCUT2D eigenvalue weighted by Crippen LogP contribution is -2.50. The first-order chi connectivity index (χ1) is 12.7. The van der Waals surface area contributed by atoms with Gasteiger partial charge in [-0.25, -0.2) is 0 Å². The van der Waals surface area contributed by atoms with Gasteiger partial charge in [0.05, 0.1) is 6.54 Å². The number of carbonyl (C=O) groups excluding carboxylic acids is 1. The number of hydrogen-bond acceptors (Lipinski definition) is 3. The minimum absolute atomic E-state index is 0.306. The fraction of sp³-hybridized carbons (Fsp3) is 0.900. The molecule has 1 saturated heterocycles. The van der Waals surface area contributed by atoms with Gasteiger partial charge in [0, 0.05) is 44.7 Å². The van der Waals surface area contributed by atoms with Crippen LogP contribution in [0.1, 0.15) is 64.2 Å². The predicted molar refractivity (Wildman–Crippen MR) is 106 cm³/mol. The zero-order valence-corrected chi connectivity index (χ0v) is 16.3. The van der Waals surface area contributed by atoms with Crippen molar-refractivity contribution < 1.29 is 4.79 Å². The summed E-state index contributed by atoms with van der Waals surface area (Å²) in [5.41, 5.74) is 6.07. The number of nitrogens with one attached hydrogen (secondary N) is 1. The predicted octanol–water partition coefficient (Wildman–Crippen LogP) is 1.95. The number of aliphatic imine (C=N–C) groups is 1. The first kappa shape index (κ1) is 19.5. The van der Waals surface area contributed by atoms with E-state index in [1.807, 2.05) is 0 Å². The summed E-state index contributed by atoms with van der Waals surface area (Å²) in [5, 5.41) is 3.41. The second-order valence-corrected chi connectivity index (χ2v) is 8.25. The minimum atomic E-state index is 0.306. The van der Waals surface area contributed by atoms with Crippen molar-refractivity contribution in [2.45, 2.75) is 70.3 Å². The standard InChI is InChI=1S/C20H37N5O/c21-20(23-18-9-3-1-2-4-10-18)22-11-12-24-13-15-25(16-14-24)19(26)17-7-5-6-8-17/h17-18H,1-16H2,(H3,21,22,23). The van der Waals surface area contributed by atoms with E-state index in [0.717, 1.165) is 52.1 Å². The van der Waals surface area contributed by atoms with E-state index in [0.29, 0.717) is 23.8 Å². The molecule has 0 atom stereocenters. The second-order valence-electron chi connectivity index (χ2n) is 8.25. The molecular weight excluding hydrogens is 326 g/mol. The van der Waals surface area contributed by atoms with Crippen LogP contribution in [0.4, 0.5) is 0 Å². The summed E-state index contributed by atoms with van der Waals surface area (Å²) in [5.74, 6) is 1.31. The molecule has 3 aliphatic rings. The van der Waals surface area contributed by atoms with Crippen LogP contribution in [0, 0.1) is 5.92 Å². The van der Waals surface area contributed by atoms with Crippen LogP contribution in [0.3, 0.4) is 0 Å². The molecule has 6 heteroatoms. The zero-order chi connectivity index (χ0) is 18.2. The van der Waals surface area contributed by atoms with Gasteiger partial charge in [0.2, 0.25) is 5.91 Å². The van der Waals surface area contributed by atoms with E-state index in [9.17, 15) is 4.79 Å². The topological polar surface area (TPSA) is 74.0 Å². The summed E-state index contributed by atoms with van der Waals surface area (Å²) >= 11 is 0. The van der Waals surface area contributed by atoms with Crippen molar-refractivity contribution in [1.29, 1.82) is 0 Å². The molecule has 3 N–H and O–H groups in total. The smallest absolute Gasteiger partial charge is 0.225 e. The molecule has 0 unspecified atom stereocenters. The first-order valence-corrected chi connectivity index (χ1v) is 10.8. The highest BCUT2D eigenvalue weighted by Gasteiger charge is 2.29. The molecular formula is C20H37N5O. The number of nitrogens with zero attached hydrogens (tertiary/aromatic N) is 3. The van der Waals surface area contributed by atoms with Gasteiger partial charge in [0.15, 0.2) is 5.96 Å². The Morgan fingerprint density at radius 3 is 2.19 bits per heavy atom. The maximum Gasteiger partial charge on any atom is 0.225 e. The number of rotatable bonds is 5. The lowest BCUT2D eigenvalue weighted by atomic mass is 10.1. The van der Waals surface area contributed by atoms with E-state index in [1.54, 1.807) is 0 Å². The van der Waals surface area contributed by atoms with Crippen molar-refractivity contribution >= 4 is 11.9 Å². The summed E-state index contributed by atoms with van der Waals surface area (Å²) in [4.78, 5) is 21.5.